The van der Waals surface area contributed by atoms with Crippen molar-refractivity contribution < 1.29 is 9.18 Å². The van der Waals surface area contributed by atoms with Crippen molar-refractivity contribution in [3.63, 3.8) is 0 Å². The predicted octanol–water partition coefficient (Wildman–Crippen LogP) is 1.51. The summed E-state index contributed by atoms with van der Waals surface area (Å²) >= 11 is 0. The van der Waals surface area contributed by atoms with Gasteiger partial charge in [-0.3, -0.25) is 4.68 Å². The van der Waals surface area contributed by atoms with E-state index in [-0.39, 0.29) is 18.4 Å². The molecule has 1 aromatic rings. The molecule has 2 heterocycles. The molecule has 2 amide bonds. The van der Waals surface area contributed by atoms with Crippen molar-refractivity contribution in [2.45, 2.75) is 6.42 Å². The van der Waals surface area contributed by atoms with E-state index < -0.39 is 0 Å². The second-order valence-corrected chi connectivity index (χ2v) is 3.69. The van der Waals surface area contributed by atoms with Crippen LogP contribution in [0.1, 0.15) is 6.42 Å². The van der Waals surface area contributed by atoms with E-state index in [0.717, 1.165) is 0 Å². The molecule has 0 saturated carbocycles. The minimum Gasteiger partial charge on any atom is -0.318 e. The predicted molar refractivity (Wildman–Crippen MR) is 57.6 cm³/mol. The molecule has 0 spiro atoms. The lowest BCUT2D eigenvalue weighted by Gasteiger charge is -2.24. The van der Waals surface area contributed by atoms with Gasteiger partial charge in [0.15, 0.2) is 0 Å². The van der Waals surface area contributed by atoms with Crippen LogP contribution in [0.3, 0.4) is 0 Å². The molecule has 0 aliphatic carbocycles. The molecule has 0 radical (unpaired) electrons. The van der Waals surface area contributed by atoms with Gasteiger partial charge in [-0.2, -0.15) is 5.10 Å². The molecule has 1 aliphatic rings. The third kappa shape index (κ3) is 2.39. The van der Waals surface area contributed by atoms with E-state index in [1.54, 1.807) is 24.1 Å². The van der Waals surface area contributed by atoms with Gasteiger partial charge in [-0.05, 0) is 12.5 Å². The van der Waals surface area contributed by atoms with E-state index in [2.05, 4.69) is 10.4 Å². The molecule has 1 aliphatic heterocycles. The Labute approximate surface area is 92.5 Å². The molecule has 86 valence electrons. The minimum atomic E-state index is -0.295. The lowest BCUT2D eigenvalue weighted by atomic mass is 10.2. The molecular formula is C10H13FN4O. The Morgan fingerprint density at radius 2 is 2.44 bits per heavy atom. The molecule has 0 saturated heterocycles. The molecule has 2 rings (SSSR count). The summed E-state index contributed by atoms with van der Waals surface area (Å²) in [5.41, 5.74) is 0.613. The Bertz CT molecular complexity index is 426. The van der Waals surface area contributed by atoms with E-state index in [1.165, 1.54) is 11.0 Å². The Morgan fingerprint density at radius 1 is 1.62 bits per heavy atom. The van der Waals surface area contributed by atoms with E-state index in [0.29, 0.717) is 18.7 Å². The second kappa shape index (κ2) is 4.34. The highest BCUT2D eigenvalue weighted by Gasteiger charge is 2.18. The van der Waals surface area contributed by atoms with Gasteiger partial charge < -0.3 is 10.2 Å². The fraction of sp³-hybridized carbons (Fsp3) is 0.400. The van der Waals surface area contributed by atoms with Crippen molar-refractivity contribution in [2.24, 2.45) is 7.05 Å². The summed E-state index contributed by atoms with van der Waals surface area (Å²) in [6.07, 6.45) is 5.31. The number of hydrogen-bond acceptors (Lipinski definition) is 2. The van der Waals surface area contributed by atoms with Crippen LogP contribution < -0.4 is 5.32 Å². The first kappa shape index (κ1) is 10.7. The molecule has 0 fully saturated rings. The third-order valence-electron chi connectivity index (χ3n) is 2.35. The molecule has 1 aromatic heterocycles. The molecule has 0 atom stereocenters. The van der Waals surface area contributed by atoms with Crippen LogP contribution in [0.15, 0.2) is 24.3 Å². The van der Waals surface area contributed by atoms with Gasteiger partial charge in [0.1, 0.15) is 5.83 Å². The molecule has 16 heavy (non-hydrogen) atoms. The number of nitrogens with zero attached hydrogens (tertiary/aromatic N) is 3. The maximum absolute atomic E-state index is 13.0. The minimum absolute atomic E-state index is 0.0477. The van der Waals surface area contributed by atoms with Crippen molar-refractivity contribution >= 4 is 11.7 Å². The number of halogens is 1. The molecular weight excluding hydrogens is 211 g/mol. The Kier molecular flexibility index (Phi) is 2.89. The number of anilines is 1. The van der Waals surface area contributed by atoms with Gasteiger partial charge in [0.05, 0.1) is 18.4 Å². The number of urea groups is 1. The monoisotopic (exact) mass is 224 g/mol. The van der Waals surface area contributed by atoms with Crippen LogP contribution in [0, 0.1) is 0 Å². The summed E-state index contributed by atoms with van der Waals surface area (Å²) in [4.78, 5) is 13.1. The van der Waals surface area contributed by atoms with Crippen LogP contribution in [0.2, 0.25) is 0 Å². The summed E-state index contributed by atoms with van der Waals surface area (Å²) in [5.74, 6) is -0.257. The third-order valence-corrected chi connectivity index (χ3v) is 2.35. The Morgan fingerprint density at radius 3 is 3.06 bits per heavy atom. The van der Waals surface area contributed by atoms with Crippen molar-refractivity contribution in [3.05, 3.63) is 24.3 Å². The average molecular weight is 224 g/mol. The van der Waals surface area contributed by atoms with E-state index >= 15 is 0 Å². The molecule has 0 aromatic carbocycles. The van der Waals surface area contributed by atoms with Crippen molar-refractivity contribution in [1.29, 1.82) is 0 Å². The van der Waals surface area contributed by atoms with Gasteiger partial charge in [0, 0.05) is 19.8 Å². The molecule has 5 nitrogen and oxygen atoms in total. The first-order valence-electron chi connectivity index (χ1n) is 5.04. The largest absolute Gasteiger partial charge is 0.322 e. The first-order valence-corrected chi connectivity index (χ1v) is 5.04. The topological polar surface area (TPSA) is 50.2 Å². The van der Waals surface area contributed by atoms with Crippen LogP contribution in [-0.4, -0.2) is 33.8 Å². The highest BCUT2D eigenvalue weighted by atomic mass is 19.1. The lowest BCUT2D eigenvalue weighted by molar-refractivity contribution is 0.210. The van der Waals surface area contributed by atoms with Crippen molar-refractivity contribution in [3.8, 4) is 0 Å². The maximum Gasteiger partial charge on any atom is 0.322 e. The number of hydrogen-bond donors (Lipinski definition) is 1. The van der Waals surface area contributed by atoms with Crippen LogP contribution >= 0.6 is 0 Å². The number of aromatic nitrogens is 2. The smallest absolute Gasteiger partial charge is 0.318 e. The Hall–Kier alpha value is -1.85. The van der Waals surface area contributed by atoms with Gasteiger partial charge in [-0.25, -0.2) is 9.18 Å². The fourth-order valence-electron chi connectivity index (χ4n) is 1.56. The maximum atomic E-state index is 13.0. The molecule has 6 heteroatoms. The van der Waals surface area contributed by atoms with E-state index in [4.69, 9.17) is 0 Å². The van der Waals surface area contributed by atoms with Crippen LogP contribution in [-0.2, 0) is 7.05 Å². The zero-order valence-electron chi connectivity index (χ0n) is 8.98. The summed E-state index contributed by atoms with van der Waals surface area (Å²) in [6, 6.07) is -0.295. The molecule has 0 bridgehead atoms. The zero-order valence-corrected chi connectivity index (χ0v) is 8.98. The summed E-state index contributed by atoms with van der Waals surface area (Å²) in [6.45, 7) is 0.589. The van der Waals surface area contributed by atoms with Gasteiger partial charge in [0.2, 0.25) is 0 Å². The van der Waals surface area contributed by atoms with Crippen LogP contribution in [0.5, 0.6) is 0 Å². The standard InChI is InChI=1S/C10H13FN4O/c1-14-7-9(5-12-14)13-10(16)15-4-2-3-8(11)6-15/h3,5,7H,2,4,6H2,1H3,(H,13,16). The van der Waals surface area contributed by atoms with Gasteiger partial charge in [0.25, 0.3) is 0 Å². The van der Waals surface area contributed by atoms with E-state index in [9.17, 15) is 9.18 Å². The summed E-state index contributed by atoms with van der Waals surface area (Å²) < 4.78 is 14.5. The lowest BCUT2D eigenvalue weighted by Crippen LogP contribution is -2.38. The average Bonchev–Trinajstić information content (AvgIpc) is 2.64. The number of rotatable bonds is 1. The highest BCUT2D eigenvalue weighted by Crippen LogP contribution is 2.12. The van der Waals surface area contributed by atoms with Crippen LogP contribution in [0.4, 0.5) is 14.9 Å². The Balaban J connectivity index is 1.96. The summed E-state index contributed by atoms with van der Waals surface area (Å²) in [5, 5.41) is 6.59. The molecule has 0 unspecified atom stereocenters. The number of nitrogens with one attached hydrogen (secondary N) is 1. The van der Waals surface area contributed by atoms with Gasteiger partial charge in [-0.1, -0.05) is 0 Å². The van der Waals surface area contributed by atoms with Crippen molar-refractivity contribution in [2.75, 3.05) is 18.4 Å². The second-order valence-electron chi connectivity index (χ2n) is 3.69. The normalized spacial score (nSPS) is 15.9. The van der Waals surface area contributed by atoms with Gasteiger partial charge >= 0.3 is 6.03 Å². The van der Waals surface area contributed by atoms with E-state index in [1.807, 2.05) is 0 Å². The number of aryl methyl sites for hydroxylation is 1. The zero-order chi connectivity index (χ0) is 11.5. The van der Waals surface area contributed by atoms with Crippen LogP contribution in [0.25, 0.3) is 0 Å². The first-order chi connectivity index (χ1) is 7.65. The SMILES string of the molecule is Cn1cc(NC(=O)N2CCC=C(F)C2)cn1. The molecule has 1 N–H and O–H groups in total. The van der Waals surface area contributed by atoms with Crippen molar-refractivity contribution in [1.82, 2.24) is 14.7 Å². The number of carbonyl (C=O) groups excluding carboxylic acids is 1. The van der Waals surface area contributed by atoms with Gasteiger partial charge in [-0.15, -0.1) is 0 Å². The summed E-state index contributed by atoms with van der Waals surface area (Å²) in [7, 11) is 1.76. The number of amides is 2. The fourth-order valence-corrected chi connectivity index (χ4v) is 1.56. The number of carbonyl (C=O) groups is 1. The highest BCUT2D eigenvalue weighted by molar-refractivity contribution is 5.89. The quantitative estimate of drug-likeness (QED) is 0.786.